The van der Waals surface area contributed by atoms with Crippen LogP contribution in [-0.2, 0) is 9.53 Å². The molecule has 0 spiro atoms. The van der Waals surface area contributed by atoms with Gasteiger partial charge in [-0.3, -0.25) is 9.79 Å². The lowest BCUT2D eigenvalue weighted by atomic mass is 9.89. The Hall–Kier alpha value is -2.82. The van der Waals surface area contributed by atoms with Crippen molar-refractivity contribution in [1.82, 2.24) is 0 Å². The van der Waals surface area contributed by atoms with E-state index in [0.29, 0.717) is 6.61 Å². The first-order valence-electron chi connectivity index (χ1n) is 8.35. The first-order chi connectivity index (χ1) is 12.1. The van der Waals surface area contributed by atoms with Gasteiger partial charge in [-0.1, -0.05) is 24.3 Å². The van der Waals surface area contributed by atoms with Crippen LogP contribution in [0.3, 0.4) is 0 Å². The van der Waals surface area contributed by atoms with Crippen molar-refractivity contribution in [3.8, 4) is 5.75 Å². The number of benzene rings is 2. The van der Waals surface area contributed by atoms with E-state index in [1.807, 2.05) is 62.4 Å². The van der Waals surface area contributed by atoms with Crippen LogP contribution in [0, 0.1) is 5.92 Å². The molecule has 0 amide bonds. The van der Waals surface area contributed by atoms with Gasteiger partial charge in [-0.25, -0.2) is 0 Å². The first-order valence-corrected chi connectivity index (χ1v) is 8.35. The lowest BCUT2D eigenvalue weighted by Gasteiger charge is -2.26. The lowest BCUT2D eigenvalue weighted by molar-refractivity contribution is -0.146. The molecular formula is C20H22N2O3. The summed E-state index contributed by atoms with van der Waals surface area (Å²) in [5.41, 5.74) is 3.43. The molecule has 2 unspecified atom stereocenters. The molecule has 1 heterocycles. The fourth-order valence-corrected chi connectivity index (χ4v) is 3.07. The zero-order valence-corrected chi connectivity index (χ0v) is 14.7. The van der Waals surface area contributed by atoms with E-state index in [9.17, 15) is 4.79 Å². The lowest BCUT2D eigenvalue weighted by Crippen LogP contribution is -2.33. The second-order valence-corrected chi connectivity index (χ2v) is 5.90. The van der Waals surface area contributed by atoms with Crippen LogP contribution in [0.15, 0.2) is 53.5 Å². The number of esters is 1. The van der Waals surface area contributed by atoms with Gasteiger partial charge < -0.3 is 14.8 Å². The average molecular weight is 338 g/mol. The Bertz CT molecular complexity index is 784. The van der Waals surface area contributed by atoms with E-state index in [1.54, 1.807) is 7.11 Å². The van der Waals surface area contributed by atoms with E-state index in [-0.39, 0.29) is 12.0 Å². The molecule has 2 aromatic carbocycles. The van der Waals surface area contributed by atoms with E-state index < -0.39 is 5.92 Å². The van der Waals surface area contributed by atoms with Gasteiger partial charge in [0.2, 0.25) is 0 Å². The Labute approximate surface area is 147 Å². The first kappa shape index (κ1) is 17.0. The quantitative estimate of drug-likeness (QED) is 0.852. The molecule has 0 aliphatic carbocycles. The zero-order chi connectivity index (χ0) is 17.8. The van der Waals surface area contributed by atoms with E-state index in [0.717, 1.165) is 28.4 Å². The second kappa shape index (κ2) is 7.38. The van der Waals surface area contributed by atoms with Gasteiger partial charge in [0, 0.05) is 5.71 Å². The minimum absolute atomic E-state index is 0.266. The highest BCUT2D eigenvalue weighted by Crippen LogP contribution is 2.37. The number of nitrogens with zero attached hydrogens (tertiary/aromatic N) is 1. The van der Waals surface area contributed by atoms with Crippen LogP contribution < -0.4 is 10.1 Å². The molecule has 0 aromatic heterocycles. The van der Waals surface area contributed by atoms with Crippen molar-refractivity contribution in [3.63, 3.8) is 0 Å². The Balaban J connectivity index is 2.06. The number of fused-ring (bicyclic) bond motifs is 1. The number of rotatable bonds is 4. The van der Waals surface area contributed by atoms with Crippen LogP contribution in [-0.4, -0.2) is 25.4 Å². The second-order valence-electron chi connectivity index (χ2n) is 5.90. The van der Waals surface area contributed by atoms with Crippen LogP contribution in [0.5, 0.6) is 5.75 Å². The minimum atomic E-state index is -0.499. The van der Waals surface area contributed by atoms with Crippen LogP contribution >= 0.6 is 0 Å². The predicted octanol–water partition coefficient (Wildman–Crippen LogP) is 4.13. The molecule has 130 valence electrons. The van der Waals surface area contributed by atoms with Crippen molar-refractivity contribution in [1.29, 1.82) is 0 Å². The molecule has 0 saturated heterocycles. The minimum Gasteiger partial charge on any atom is -0.497 e. The fraction of sp³-hybridized carbons (Fsp3) is 0.300. The van der Waals surface area contributed by atoms with Gasteiger partial charge in [0.05, 0.1) is 31.1 Å². The van der Waals surface area contributed by atoms with Crippen LogP contribution in [0.25, 0.3) is 0 Å². The molecule has 0 radical (unpaired) electrons. The van der Waals surface area contributed by atoms with Gasteiger partial charge in [0.15, 0.2) is 0 Å². The number of hydrogen-bond donors (Lipinski definition) is 1. The maximum atomic E-state index is 12.7. The fourth-order valence-electron chi connectivity index (χ4n) is 3.07. The summed E-state index contributed by atoms with van der Waals surface area (Å²) in [5.74, 6) is 0.00136. The molecule has 3 rings (SSSR count). The van der Waals surface area contributed by atoms with Crippen molar-refractivity contribution in [3.05, 3.63) is 54.1 Å². The van der Waals surface area contributed by atoms with Crippen molar-refractivity contribution in [2.45, 2.75) is 19.9 Å². The van der Waals surface area contributed by atoms with Gasteiger partial charge >= 0.3 is 5.97 Å². The number of carbonyl (C=O) groups excluding carboxylic acids is 1. The standard InChI is InChI=1S/C20H22N2O3/c1-4-25-20(23)18-13(2)21-16-7-5-6-8-17(16)22-19(18)14-9-11-15(24-3)12-10-14/h5-12,18-19,22H,4H2,1-3H3. The normalized spacial score (nSPS) is 19.1. The van der Waals surface area contributed by atoms with Crippen LogP contribution in [0.2, 0.25) is 0 Å². The van der Waals surface area contributed by atoms with Crippen LogP contribution in [0.4, 0.5) is 11.4 Å². The largest absolute Gasteiger partial charge is 0.497 e. The molecule has 25 heavy (non-hydrogen) atoms. The predicted molar refractivity (Wildman–Crippen MR) is 98.7 cm³/mol. The van der Waals surface area contributed by atoms with Crippen molar-refractivity contribution < 1.29 is 14.3 Å². The van der Waals surface area contributed by atoms with Gasteiger partial charge in [-0.2, -0.15) is 0 Å². The number of anilines is 1. The number of para-hydroxylation sites is 2. The van der Waals surface area contributed by atoms with E-state index in [2.05, 4.69) is 10.3 Å². The molecule has 5 nitrogen and oxygen atoms in total. The molecule has 2 aromatic rings. The third-order valence-electron chi connectivity index (χ3n) is 4.31. The number of methoxy groups -OCH3 is 1. The number of ether oxygens (including phenoxy) is 2. The maximum Gasteiger partial charge on any atom is 0.317 e. The Kier molecular flexibility index (Phi) is 5.03. The summed E-state index contributed by atoms with van der Waals surface area (Å²) in [6.45, 7) is 4.03. The summed E-state index contributed by atoms with van der Waals surface area (Å²) in [6, 6.07) is 15.2. The Morgan fingerprint density at radius 3 is 2.56 bits per heavy atom. The third-order valence-corrected chi connectivity index (χ3v) is 4.31. The van der Waals surface area contributed by atoms with Crippen molar-refractivity contribution in [2.24, 2.45) is 10.9 Å². The van der Waals surface area contributed by atoms with Gasteiger partial charge in [-0.15, -0.1) is 0 Å². The smallest absolute Gasteiger partial charge is 0.317 e. The van der Waals surface area contributed by atoms with E-state index >= 15 is 0 Å². The van der Waals surface area contributed by atoms with E-state index in [4.69, 9.17) is 9.47 Å². The number of nitrogens with one attached hydrogen (secondary N) is 1. The van der Waals surface area contributed by atoms with Gasteiger partial charge in [-0.05, 0) is 43.7 Å². The third kappa shape index (κ3) is 3.50. The highest BCUT2D eigenvalue weighted by molar-refractivity contribution is 6.04. The highest BCUT2D eigenvalue weighted by Gasteiger charge is 2.35. The SMILES string of the molecule is CCOC(=O)C1C(C)=Nc2ccccc2NC1c1ccc(OC)cc1. The Morgan fingerprint density at radius 2 is 1.88 bits per heavy atom. The number of aliphatic imine (C=N–C) groups is 1. The van der Waals surface area contributed by atoms with Crippen LogP contribution in [0.1, 0.15) is 25.5 Å². The molecule has 0 fully saturated rings. The number of carbonyl (C=O) groups is 1. The molecule has 5 heteroatoms. The number of hydrogen-bond acceptors (Lipinski definition) is 5. The molecule has 1 N–H and O–H groups in total. The summed E-state index contributed by atoms with van der Waals surface area (Å²) >= 11 is 0. The summed E-state index contributed by atoms with van der Waals surface area (Å²) in [5, 5.41) is 3.48. The highest BCUT2D eigenvalue weighted by atomic mass is 16.5. The molecule has 2 atom stereocenters. The summed E-state index contributed by atoms with van der Waals surface area (Å²) in [6.07, 6.45) is 0. The monoisotopic (exact) mass is 338 g/mol. The topological polar surface area (TPSA) is 59.9 Å². The van der Waals surface area contributed by atoms with Gasteiger partial charge in [0.1, 0.15) is 11.7 Å². The maximum absolute atomic E-state index is 12.7. The van der Waals surface area contributed by atoms with E-state index in [1.165, 1.54) is 0 Å². The van der Waals surface area contributed by atoms with Crippen molar-refractivity contribution >= 4 is 23.1 Å². The molecule has 0 saturated carbocycles. The summed E-state index contributed by atoms with van der Waals surface area (Å²) in [4.78, 5) is 17.3. The molecular weight excluding hydrogens is 316 g/mol. The average Bonchev–Trinajstić information content (AvgIpc) is 2.77. The summed E-state index contributed by atoms with van der Waals surface area (Å²) in [7, 11) is 1.63. The summed E-state index contributed by atoms with van der Waals surface area (Å²) < 4.78 is 10.6. The zero-order valence-electron chi connectivity index (χ0n) is 14.7. The van der Waals surface area contributed by atoms with Crippen molar-refractivity contribution in [2.75, 3.05) is 19.0 Å². The molecule has 1 aliphatic rings. The van der Waals surface area contributed by atoms with Gasteiger partial charge in [0.25, 0.3) is 0 Å². The molecule has 0 bridgehead atoms. The molecule has 1 aliphatic heterocycles. The Morgan fingerprint density at radius 1 is 1.16 bits per heavy atom.